The number of hydrogen-bond donors (Lipinski definition) is 8. The smallest absolute Gasteiger partial charge is 0.164 e. The van der Waals surface area contributed by atoms with Crippen LogP contribution in [-0.4, -0.2) is 0 Å². The van der Waals surface area contributed by atoms with Gasteiger partial charge in [0.2, 0.25) is 0 Å². The van der Waals surface area contributed by atoms with Gasteiger partial charge < -0.3 is 0 Å². The first-order valence-electron chi connectivity index (χ1n) is 2.00. The molecule has 0 aromatic heterocycles. The van der Waals surface area contributed by atoms with Crippen molar-refractivity contribution in [2.45, 2.75) is 0 Å². The van der Waals surface area contributed by atoms with E-state index in [4.69, 9.17) is 0 Å². The van der Waals surface area contributed by atoms with E-state index in [-0.39, 0.29) is 0 Å². The average Bonchev–Trinajstić information content (AvgIpc) is 1.62. The fourth-order valence-electron chi connectivity index (χ4n) is 0.250. The lowest BCUT2D eigenvalue weighted by molar-refractivity contribution is 0.174. The second-order valence-electron chi connectivity index (χ2n) is 1.00. The van der Waals surface area contributed by atoms with Crippen molar-refractivity contribution in [3.8, 4) is 0 Å². The Morgan fingerprint density at radius 2 is 0.375 bits per heavy atom. The van der Waals surface area contributed by atoms with Crippen LogP contribution < -0.4 is 44.3 Å². The Balaban J connectivity index is 2.00. The van der Waals surface area contributed by atoms with Gasteiger partial charge in [0.1, 0.15) is 0 Å². The third-order valence-electron chi connectivity index (χ3n) is 0.500. The molecular weight excluding hydrogens is 112 g/mol. The molecule has 8 nitrogen and oxygen atoms in total. The number of nitrogens with one attached hydrogen (secondary N) is 8. The molecule has 0 aromatic rings. The zero-order chi connectivity index (χ0) is 5.66. The van der Waals surface area contributed by atoms with Gasteiger partial charge in [-0.3, -0.25) is 0 Å². The van der Waals surface area contributed by atoms with E-state index < -0.39 is 0 Å². The summed E-state index contributed by atoms with van der Waals surface area (Å²) in [5.41, 5.74) is 20.0. The Bertz CT molecular complexity index is 24.0. The summed E-state index contributed by atoms with van der Waals surface area (Å²) in [7, 11) is 0. The molecule has 8 heteroatoms. The van der Waals surface area contributed by atoms with Gasteiger partial charge in [-0.25, -0.2) is 0 Å². The fourth-order valence-corrected chi connectivity index (χ4v) is 0.250. The van der Waals surface area contributed by atoms with E-state index >= 15 is 0 Å². The summed E-state index contributed by atoms with van der Waals surface area (Å²) in [4.78, 5) is 0. The Morgan fingerprint density at radius 3 is 0.500 bits per heavy atom. The number of rotatable bonds is 0. The van der Waals surface area contributed by atoms with E-state index in [0.29, 0.717) is 0 Å². The minimum atomic E-state index is 2.50. The molecule has 0 amide bonds. The summed E-state index contributed by atoms with van der Waals surface area (Å²) < 4.78 is 0. The summed E-state index contributed by atoms with van der Waals surface area (Å²) in [5.74, 6) is 0. The van der Waals surface area contributed by atoms with Gasteiger partial charge in [-0.15, -0.1) is 0 Å². The monoisotopic (exact) mass is 120 g/mol. The molecule has 1 fully saturated rings. The standard InChI is InChI=1S/H8N8/c1-2-4-6-8-7-5-3-1/h1-8H. The van der Waals surface area contributed by atoms with E-state index in [0.717, 1.165) is 0 Å². The molecule has 0 saturated carbocycles. The zero-order valence-electron chi connectivity index (χ0n) is 4.00. The summed E-state index contributed by atoms with van der Waals surface area (Å²) in [6, 6.07) is 0. The summed E-state index contributed by atoms with van der Waals surface area (Å²) >= 11 is 0. The number of hydrogen-bond acceptors (Lipinski definition) is 8. The SMILES string of the molecule is N1NNNNNNN1. The lowest BCUT2D eigenvalue weighted by Crippen LogP contribution is -2.71. The van der Waals surface area contributed by atoms with Gasteiger partial charge in [0.05, 0.1) is 0 Å². The van der Waals surface area contributed by atoms with E-state index in [1.54, 1.807) is 0 Å². The first-order valence-corrected chi connectivity index (χ1v) is 2.00. The maximum absolute atomic E-state index is 2.50. The molecule has 0 unspecified atom stereocenters. The molecule has 48 valence electrons. The molecule has 0 bridgehead atoms. The van der Waals surface area contributed by atoms with Crippen LogP contribution in [0.25, 0.3) is 0 Å². The van der Waals surface area contributed by atoms with Crippen LogP contribution in [0.1, 0.15) is 0 Å². The Hall–Kier alpha value is -0.320. The van der Waals surface area contributed by atoms with Gasteiger partial charge in [-0.05, 0) is 0 Å². The highest BCUT2D eigenvalue weighted by atomic mass is 16.0. The van der Waals surface area contributed by atoms with Gasteiger partial charge in [-0.1, -0.05) is 0 Å². The Kier molecular flexibility index (Phi) is 2.65. The summed E-state index contributed by atoms with van der Waals surface area (Å²) in [5, 5.41) is 0. The van der Waals surface area contributed by atoms with Crippen molar-refractivity contribution in [3.63, 3.8) is 0 Å². The molecule has 0 spiro atoms. The van der Waals surface area contributed by atoms with Crippen LogP contribution in [0.15, 0.2) is 0 Å². The predicted octanol–water partition coefficient (Wildman–Crippen LogP) is -3.96. The van der Waals surface area contributed by atoms with Crippen LogP contribution in [-0.2, 0) is 0 Å². The molecule has 1 rings (SSSR count). The van der Waals surface area contributed by atoms with Crippen LogP contribution in [0.4, 0.5) is 0 Å². The van der Waals surface area contributed by atoms with Crippen molar-refractivity contribution in [1.29, 1.82) is 0 Å². The van der Waals surface area contributed by atoms with Crippen molar-refractivity contribution >= 4 is 0 Å². The van der Waals surface area contributed by atoms with Crippen LogP contribution in [0.5, 0.6) is 0 Å². The van der Waals surface area contributed by atoms with E-state index in [1.807, 2.05) is 0 Å². The molecule has 0 aromatic carbocycles. The summed E-state index contributed by atoms with van der Waals surface area (Å²) in [6.45, 7) is 0. The molecule has 0 atom stereocenters. The first-order chi connectivity index (χ1) is 4.00. The van der Waals surface area contributed by atoms with Gasteiger partial charge in [0.15, 0.2) is 0 Å². The molecule has 1 aliphatic heterocycles. The van der Waals surface area contributed by atoms with Crippen molar-refractivity contribution in [1.82, 2.24) is 44.3 Å². The third kappa shape index (κ3) is 2.11. The average molecular weight is 120 g/mol. The first kappa shape index (κ1) is 5.81. The second-order valence-corrected chi connectivity index (χ2v) is 1.00. The second kappa shape index (κ2) is 3.65. The normalized spacial score (nSPS) is 24.0. The maximum atomic E-state index is 2.50. The molecule has 1 heterocycles. The van der Waals surface area contributed by atoms with Gasteiger partial charge in [0.25, 0.3) is 0 Å². The minimum Gasteiger partial charge on any atom is -0.164 e. The van der Waals surface area contributed by atoms with Crippen molar-refractivity contribution in [2.75, 3.05) is 0 Å². The molecular formula is H8N8. The highest BCUT2D eigenvalue weighted by molar-refractivity contribution is 4.18. The van der Waals surface area contributed by atoms with Gasteiger partial charge >= 0.3 is 0 Å². The fraction of sp³-hybridized carbons (Fsp3) is 0. The van der Waals surface area contributed by atoms with Gasteiger partial charge in [0, 0.05) is 0 Å². The van der Waals surface area contributed by atoms with Crippen LogP contribution in [0.3, 0.4) is 0 Å². The topological polar surface area (TPSA) is 96.2 Å². The molecule has 8 heavy (non-hydrogen) atoms. The third-order valence-corrected chi connectivity index (χ3v) is 0.500. The molecule has 1 aliphatic rings. The Morgan fingerprint density at radius 1 is 0.250 bits per heavy atom. The highest BCUT2D eigenvalue weighted by Gasteiger charge is 1.84. The molecule has 8 N–H and O–H groups in total. The largest absolute Gasteiger partial charge is 0.164 e. The van der Waals surface area contributed by atoms with Crippen LogP contribution in [0, 0.1) is 0 Å². The molecule has 1 saturated heterocycles. The lowest BCUT2D eigenvalue weighted by atomic mass is 12.0. The van der Waals surface area contributed by atoms with Crippen LogP contribution >= 0.6 is 0 Å². The Labute approximate surface area is 45.5 Å². The highest BCUT2D eigenvalue weighted by Crippen LogP contribution is 1.30. The van der Waals surface area contributed by atoms with Crippen LogP contribution in [0.2, 0.25) is 0 Å². The quantitative estimate of drug-likeness (QED) is 0.164. The van der Waals surface area contributed by atoms with Crippen molar-refractivity contribution < 1.29 is 0 Å². The van der Waals surface area contributed by atoms with Gasteiger partial charge in [-0.2, -0.15) is 44.3 Å². The molecule has 0 aliphatic carbocycles. The summed E-state index contributed by atoms with van der Waals surface area (Å²) in [6.07, 6.45) is 0. The lowest BCUT2D eigenvalue weighted by Gasteiger charge is -2.16. The zero-order valence-corrected chi connectivity index (χ0v) is 4.00. The van der Waals surface area contributed by atoms with E-state index in [9.17, 15) is 0 Å². The van der Waals surface area contributed by atoms with E-state index in [2.05, 4.69) is 44.3 Å². The minimum absolute atomic E-state index is 2.50. The van der Waals surface area contributed by atoms with E-state index in [1.165, 1.54) is 0 Å². The van der Waals surface area contributed by atoms with Crippen molar-refractivity contribution in [3.05, 3.63) is 0 Å². The molecule has 0 radical (unpaired) electrons. The van der Waals surface area contributed by atoms with Crippen molar-refractivity contribution in [2.24, 2.45) is 0 Å². The number of hydrazine groups is 8. The predicted molar refractivity (Wildman–Crippen MR) is 25.1 cm³/mol. The maximum Gasteiger partial charge on any atom is -0.164 e.